The maximum absolute atomic E-state index is 8.94. The van der Waals surface area contributed by atoms with Crippen LogP contribution in [0.2, 0.25) is 0 Å². The Labute approximate surface area is 137 Å². The summed E-state index contributed by atoms with van der Waals surface area (Å²) >= 11 is 0. The summed E-state index contributed by atoms with van der Waals surface area (Å²) in [5.74, 6) is 0.669. The molecular formula is C17H24N6. The Morgan fingerprint density at radius 3 is 2.87 bits per heavy atom. The van der Waals surface area contributed by atoms with Crippen molar-refractivity contribution in [2.45, 2.75) is 13.3 Å². The lowest BCUT2D eigenvalue weighted by Gasteiger charge is -2.28. The molecule has 0 bridgehead atoms. The van der Waals surface area contributed by atoms with Crippen LogP contribution in [0.25, 0.3) is 0 Å². The molecule has 0 radical (unpaired) electrons. The summed E-state index contributed by atoms with van der Waals surface area (Å²) in [6.45, 7) is 11.1. The number of nitrogens with zero attached hydrogens (tertiary/aromatic N) is 4. The molecule has 0 aliphatic carbocycles. The highest BCUT2D eigenvalue weighted by Gasteiger charge is 2.12. The third-order valence-corrected chi connectivity index (χ3v) is 3.92. The molecule has 6 nitrogen and oxygen atoms in total. The molecule has 1 saturated heterocycles. The van der Waals surface area contributed by atoms with Gasteiger partial charge >= 0.3 is 0 Å². The van der Waals surface area contributed by atoms with Crippen molar-refractivity contribution in [3.63, 3.8) is 0 Å². The summed E-state index contributed by atoms with van der Waals surface area (Å²) in [6.07, 6.45) is 6.22. The summed E-state index contributed by atoms with van der Waals surface area (Å²) in [7, 11) is 0. The van der Waals surface area contributed by atoms with Gasteiger partial charge in [-0.25, -0.2) is 4.98 Å². The number of nitriles is 1. The largest absolute Gasteiger partial charge is 0.398 e. The van der Waals surface area contributed by atoms with Crippen LogP contribution in [-0.2, 0) is 0 Å². The predicted octanol–water partition coefficient (Wildman–Crippen LogP) is 1.68. The van der Waals surface area contributed by atoms with Gasteiger partial charge in [0.25, 0.3) is 0 Å². The van der Waals surface area contributed by atoms with Gasteiger partial charge < -0.3 is 16.0 Å². The molecule has 0 spiro atoms. The van der Waals surface area contributed by atoms with Crippen molar-refractivity contribution in [3.8, 4) is 6.07 Å². The second kappa shape index (κ2) is 8.32. The monoisotopic (exact) mass is 312 g/mol. The molecule has 1 aromatic heterocycles. The summed E-state index contributed by atoms with van der Waals surface area (Å²) < 4.78 is 0. The number of piperazine rings is 1. The Morgan fingerprint density at radius 2 is 2.30 bits per heavy atom. The third kappa shape index (κ3) is 4.55. The van der Waals surface area contributed by atoms with Crippen molar-refractivity contribution in [1.82, 2.24) is 15.2 Å². The number of pyridine rings is 1. The number of hydrogen-bond donors (Lipinski definition) is 2. The van der Waals surface area contributed by atoms with E-state index in [4.69, 9.17) is 11.0 Å². The van der Waals surface area contributed by atoms with Crippen molar-refractivity contribution in [2.24, 2.45) is 0 Å². The fourth-order valence-electron chi connectivity index (χ4n) is 2.50. The third-order valence-electron chi connectivity index (χ3n) is 3.92. The second-order valence-electron chi connectivity index (χ2n) is 5.50. The first kappa shape index (κ1) is 17.0. The van der Waals surface area contributed by atoms with Crippen molar-refractivity contribution in [1.29, 1.82) is 5.26 Å². The van der Waals surface area contributed by atoms with Crippen LogP contribution in [-0.4, -0.2) is 42.6 Å². The minimum Gasteiger partial charge on any atom is -0.398 e. The van der Waals surface area contributed by atoms with Gasteiger partial charge in [0, 0.05) is 57.4 Å². The highest BCUT2D eigenvalue weighted by atomic mass is 15.2. The molecular weight excluding hydrogens is 288 g/mol. The molecule has 0 amide bonds. The van der Waals surface area contributed by atoms with E-state index in [0.717, 1.165) is 39.1 Å². The molecule has 6 heteroatoms. The highest BCUT2D eigenvalue weighted by Crippen LogP contribution is 2.20. The van der Waals surface area contributed by atoms with E-state index in [1.807, 2.05) is 11.0 Å². The molecule has 0 aromatic carbocycles. The Kier molecular flexibility index (Phi) is 6.15. The van der Waals surface area contributed by atoms with Gasteiger partial charge in [-0.1, -0.05) is 13.5 Å². The van der Waals surface area contributed by atoms with Gasteiger partial charge in [-0.05, 0) is 12.0 Å². The Balaban J connectivity index is 2.16. The number of nitrogens with two attached hydrogens (primary N) is 1. The van der Waals surface area contributed by atoms with Gasteiger partial charge in [0.15, 0.2) is 0 Å². The van der Waals surface area contributed by atoms with Gasteiger partial charge in [-0.2, -0.15) is 5.26 Å². The van der Waals surface area contributed by atoms with Crippen LogP contribution in [0.15, 0.2) is 36.8 Å². The lowest BCUT2D eigenvalue weighted by atomic mass is 10.2. The average molecular weight is 312 g/mol. The summed E-state index contributed by atoms with van der Waals surface area (Å²) in [5, 5.41) is 12.3. The molecule has 23 heavy (non-hydrogen) atoms. The van der Waals surface area contributed by atoms with Gasteiger partial charge in [0.2, 0.25) is 0 Å². The van der Waals surface area contributed by atoms with Crippen LogP contribution in [0.3, 0.4) is 0 Å². The van der Waals surface area contributed by atoms with Gasteiger partial charge in [0.05, 0.1) is 11.3 Å². The van der Waals surface area contributed by atoms with E-state index in [-0.39, 0.29) is 0 Å². The van der Waals surface area contributed by atoms with E-state index in [0.29, 0.717) is 17.1 Å². The van der Waals surface area contributed by atoms with E-state index in [1.54, 1.807) is 12.3 Å². The molecule has 1 fully saturated rings. The fourth-order valence-corrected chi connectivity index (χ4v) is 2.50. The van der Waals surface area contributed by atoms with Crippen molar-refractivity contribution in [2.75, 3.05) is 43.4 Å². The van der Waals surface area contributed by atoms with Crippen LogP contribution in [0.1, 0.15) is 18.9 Å². The molecule has 1 aromatic rings. The smallest absolute Gasteiger partial charge is 0.138 e. The topological polar surface area (TPSA) is 81.2 Å². The van der Waals surface area contributed by atoms with E-state index in [9.17, 15) is 0 Å². The number of nitrogen functional groups attached to an aromatic ring is 1. The van der Waals surface area contributed by atoms with Crippen molar-refractivity contribution < 1.29 is 0 Å². The standard InChI is InChI=1S/C17H24N6/c1-3-14(12-22-7-5-20-6-8-22)13-23(4-2)17-9-16(19)15(10-18)11-21-17/h4,9,11,13,20H,2-3,5-8,12H2,1H3,(H2,19,21)/b14-13+. The minimum atomic E-state index is 0.387. The fraction of sp³-hybridized carbons (Fsp3) is 0.412. The lowest BCUT2D eigenvalue weighted by molar-refractivity contribution is 0.258. The number of rotatable bonds is 6. The van der Waals surface area contributed by atoms with Gasteiger partial charge in [-0.15, -0.1) is 0 Å². The van der Waals surface area contributed by atoms with Crippen LogP contribution in [0.5, 0.6) is 0 Å². The van der Waals surface area contributed by atoms with Crippen LogP contribution in [0.4, 0.5) is 11.5 Å². The Morgan fingerprint density at radius 1 is 1.57 bits per heavy atom. The minimum absolute atomic E-state index is 0.387. The zero-order valence-corrected chi connectivity index (χ0v) is 13.6. The second-order valence-corrected chi connectivity index (χ2v) is 5.50. The lowest BCUT2D eigenvalue weighted by Crippen LogP contribution is -2.44. The molecule has 2 rings (SSSR count). The van der Waals surface area contributed by atoms with Crippen LogP contribution in [0, 0.1) is 11.3 Å². The Bertz CT molecular complexity index is 610. The van der Waals surface area contributed by atoms with Crippen molar-refractivity contribution in [3.05, 3.63) is 42.4 Å². The maximum Gasteiger partial charge on any atom is 0.138 e. The van der Waals surface area contributed by atoms with Gasteiger partial charge in [-0.3, -0.25) is 4.90 Å². The number of hydrogen-bond acceptors (Lipinski definition) is 6. The predicted molar refractivity (Wildman–Crippen MR) is 93.7 cm³/mol. The van der Waals surface area contributed by atoms with E-state index < -0.39 is 0 Å². The number of anilines is 2. The molecule has 3 N–H and O–H groups in total. The van der Waals surface area contributed by atoms with Gasteiger partial charge in [0.1, 0.15) is 11.9 Å². The molecule has 0 saturated carbocycles. The van der Waals surface area contributed by atoms with E-state index in [1.165, 1.54) is 11.8 Å². The zero-order chi connectivity index (χ0) is 16.7. The SMILES string of the molecule is C=CN(/C=C(\CC)CN1CCNCC1)c1cc(N)c(C#N)cn1. The van der Waals surface area contributed by atoms with Crippen LogP contribution >= 0.6 is 0 Å². The normalized spacial score (nSPS) is 15.9. The molecule has 2 heterocycles. The summed E-state index contributed by atoms with van der Waals surface area (Å²) in [4.78, 5) is 8.60. The molecule has 1 aliphatic rings. The summed E-state index contributed by atoms with van der Waals surface area (Å²) in [5.41, 5.74) is 8.00. The maximum atomic E-state index is 8.94. The van der Waals surface area contributed by atoms with E-state index >= 15 is 0 Å². The van der Waals surface area contributed by atoms with Crippen molar-refractivity contribution >= 4 is 11.5 Å². The highest BCUT2D eigenvalue weighted by molar-refractivity contribution is 5.61. The quantitative estimate of drug-likeness (QED) is 0.832. The first-order chi connectivity index (χ1) is 11.2. The molecule has 122 valence electrons. The average Bonchev–Trinajstić information content (AvgIpc) is 2.59. The van der Waals surface area contributed by atoms with E-state index in [2.05, 4.69) is 34.9 Å². The summed E-state index contributed by atoms with van der Waals surface area (Å²) in [6, 6.07) is 3.73. The molecule has 0 unspecified atom stereocenters. The Hall–Kier alpha value is -2.36. The number of nitrogens with one attached hydrogen (secondary N) is 1. The number of aromatic nitrogens is 1. The molecule has 0 atom stereocenters. The zero-order valence-electron chi connectivity index (χ0n) is 13.6. The van der Waals surface area contributed by atoms with Crippen LogP contribution < -0.4 is 16.0 Å². The molecule has 1 aliphatic heterocycles. The first-order valence-corrected chi connectivity index (χ1v) is 7.87. The first-order valence-electron chi connectivity index (χ1n) is 7.87.